The Morgan fingerprint density at radius 1 is 1.07 bits per heavy atom. The van der Waals surface area contributed by atoms with Gasteiger partial charge < -0.3 is 21.1 Å². The van der Waals surface area contributed by atoms with Crippen molar-refractivity contribution in [1.82, 2.24) is 5.32 Å². The number of guanidine groups is 1. The fourth-order valence-corrected chi connectivity index (χ4v) is 2.16. The number of carbonyl (C=O) groups is 2. The highest BCUT2D eigenvalue weighted by molar-refractivity contribution is 5.93. The van der Waals surface area contributed by atoms with Gasteiger partial charge in [-0.1, -0.05) is 12.1 Å². The van der Waals surface area contributed by atoms with E-state index in [9.17, 15) is 9.59 Å². The van der Waals surface area contributed by atoms with E-state index in [-0.39, 0.29) is 17.9 Å². The zero-order chi connectivity index (χ0) is 19.8. The van der Waals surface area contributed by atoms with Gasteiger partial charge in [-0.3, -0.25) is 10.2 Å². The van der Waals surface area contributed by atoms with E-state index in [4.69, 9.17) is 15.9 Å². The number of nitrogens with two attached hydrogens (primary N) is 1. The Morgan fingerprint density at radius 3 is 2.26 bits per heavy atom. The number of ether oxygens (including phenoxy) is 1. The largest absolute Gasteiger partial charge is 0.423 e. The maximum absolute atomic E-state index is 12.2. The topological polar surface area (TPSA) is 117 Å². The zero-order valence-electron chi connectivity index (χ0n) is 15.2. The number of benzene rings is 2. The summed E-state index contributed by atoms with van der Waals surface area (Å²) in [7, 11) is 0. The molecule has 0 spiro atoms. The van der Waals surface area contributed by atoms with Crippen molar-refractivity contribution in [2.75, 3.05) is 5.32 Å². The van der Waals surface area contributed by atoms with Crippen LogP contribution in [0.15, 0.2) is 54.6 Å². The molecule has 0 aliphatic carbocycles. The maximum Gasteiger partial charge on any atom is 0.343 e. The van der Waals surface area contributed by atoms with Crippen LogP contribution in [0.4, 0.5) is 5.69 Å². The molecule has 140 valence electrons. The summed E-state index contributed by atoms with van der Waals surface area (Å²) in [6, 6.07) is 13.3. The minimum absolute atomic E-state index is 0.0799. The van der Waals surface area contributed by atoms with Gasteiger partial charge in [0.05, 0.1) is 5.56 Å². The number of nitrogens with one attached hydrogen (secondary N) is 3. The lowest BCUT2D eigenvalue weighted by atomic mass is 10.2. The first kappa shape index (κ1) is 19.7. The Kier molecular flexibility index (Phi) is 6.71. The van der Waals surface area contributed by atoms with E-state index >= 15 is 0 Å². The number of hydrogen-bond acceptors (Lipinski definition) is 4. The van der Waals surface area contributed by atoms with Crippen molar-refractivity contribution < 1.29 is 14.3 Å². The summed E-state index contributed by atoms with van der Waals surface area (Å²) in [4.78, 5) is 23.8. The minimum atomic E-state index is -0.496. The average molecular weight is 366 g/mol. The van der Waals surface area contributed by atoms with Gasteiger partial charge in [-0.05, 0) is 61.9 Å². The van der Waals surface area contributed by atoms with Gasteiger partial charge in [-0.15, -0.1) is 0 Å². The van der Waals surface area contributed by atoms with Crippen molar-refractivity contribution in [2.24, 2.45) is 5.73 Å². The van der Waals surface area contributed by atoms with Gasteiger partial charge in [0.1, 0.15) is 5.75 Å². The Hall–Kier alpha value is -3.61. The molecule has 0 radical (unpaired) electrons. The van der Waals surface area contributed by atoms with Gasteiger partial charge in [0.2, 0.25) is 5.91 Å². The minimum Gasteiger partial charge on any atom is -0.423 e. The summed E-state index contributed by atoms with van der Waals surface area (Å²) in [5, 5.41) is 12.6. The van der Waals surface area contributed by atoms with Gasteiger partial charge in [0.25, 0.3) is 0 Å². The first-order valence-electron chi connectivity index (χ1n) is 8.35. The predicted molar refractivity (Wildman–Crippen MR) is 106 cm³/mol. The lowest BCUT2D eigenvalue weighted by Crippen LogP contribution is -2.28. The fourth-order valence-electron chi connectivity index (χ4n) is 2.16. The highest BCUT2D eigenvalue weighted by Crippen LogP contribution is 2.16. The number of anilines is 1. The Labute approximate surface area is 157 Å². The van der Waals surface area contributed by atoms with Crippen molar-refractivity contribution in [1.29, 1.82) is 5.41 Å². The highest BCUT2D eigenvalue weighted by Gasteiger charge is 2.08. The summed E-state index contributed by atoms with van der Waals surface area (Å²) in [6.07, 6.45) is 3.14. The molecule has 0 aromatic heterocycles. The number of hydrogen-bond donors (Lipinski definition) is 4. The van der Waals surface area contributed by atoms with E-state index in [1.54, 1.807) is 54.6 Å². The normalized spacial score (nSPS) is 10.6. The molecule has 1 amide bonds. The van der Waals surface area contributed by atoms with Gasteiger partial charge in [-0.2, -0.15) is 0 Å². The molecule has 5 N–H and O–H groups in total. The van der Waals surface area contributed by atoms with Gasteiger partial charge in [0, 0.05) is 17.8 Å². The molecule has 0 bridgehead atoms. The van der Waals surface area contributed by atoms with Crippen LogP contribution in [0, 0.1) is 5.41 Å². The molecule has 0 aliphatic rings. The van der Waals surface area contributed by atoms with E-state index in [0.717, 1.165) is 5.56 Å². The van der Waals surface area contributed by atoms with Gasteiger partial charge >= 0.3 is 5.97 Å². The number of esters is 1. The first-order chi connectivity index (χ1) is 12.8. The fraction of sp³-hybridized carbons (Fsp3) is 0.150. The maximum atomic E-state index is 12.2. The molecule has 0 saturated heterocycles. The summed E-state index contributed by atoms with van der Waals surface area (Å²) >= 11 is 0. The Morgan fingerprint density at radius 2 is 1.70 bits per heavy atom. The Bertz CT molecular complexity index is 841. The van der Waals surface area contributed by atoms with E-state index in [0.29, 0.717) is 17.0 Å². The quantitative estimate of drug-likeness (QED) is 0.206. The molecule has 0 saturated carbocycles. The van der Waals surface area contributed by atoms with Crippen LogP contribution >= 0.6 is 0 Å². The molecule has 2 aromatic carbocycles. The highest BCUT2D eigenvalue weighted by atomic mass is 16.5. The van der Waals surface area contributed by atoms with Crippen molar-refractivity contribution in [3.05, 3.63) is 65.7 Å². The second kappa shape index (κ2) is 9.19. The van der Waals surface area contributed by atoms with Crippen LogP contribution in [0.1, 0.15) is 29.8 Å². The van der Waals surface area contributed by atoms with Crippen molar-refractivity contribution in [3.63, 3.8) is 0 Å². The molecule has 0 heterocycles. The lowest BCUT2D eigenvalue weighted by Gasteiger charge is -2.07. The van der Waals surface area contributed by atoms with Crippen LogP contribution in [-0.4, -0.2) is 23.9 Å². The van der Waals surface area contributed by atoms with Crippen LogP contribution in [0.25, 0.3) is 6.08 Å². The van der Waals surface area contributed by atoms with E-state index < -0.39 is 5.97 Å². The third-order valence-corrected chi connectivity index (χ3v) is 3.35. The third kappa shape index (κ3) is 6.66. The molecule has 0 unspecified atom stereocenters. The SMILES string of the molecule is CC(C)NC(=O)C=Cc1ccc(OC(=O)c2ccc(NC(=N)N)cc2)cc1. The molecule has 7 nitrogen and oxygen atoms in total. The zero-order valence-corrected chi connectivity index (χ0v) is 15.2. The number of rotatable bonds is 6. The smallest absolute Gasteiger partial charge is 0.343 e. The summed E-state index contributed by atoms with van der Waals surface area (Å²) in [6.45, 7) is 3.78. The van der Waals surface area contributed by atoms with Crippen LogP contribution < -0.4 is 21.1 Å². The molecule has 0 atom stereocenters. The second-order valence-corrected chi connectivity index (χ2v) is 6.07. The van der Waals surface area contributed by atoms with Gasteiger partial charge in [-0.25, -0.2) is 4.79 Å². The van der Waals surface area contributed by atoms with Crippen LogP contribution in [-0.2, 0) is 4.79 Å². The van der Waals surface area contributed by atoms with Crippen molar-refractivity contribution >= 4 is 29.6 Å². The van der Waals surface area contributed by atoms with E-state index in [1.165, 1.54) is 6.08 Å². The van der Waals surface area contributed by atoms with Crippen molar-refractivity contribution in [2.45, 2.75) is 19.9 Å². The van der Waals surface area contributed by atoms with Crippen LogP contribution in [0.3, 0.4) is 0 Å². The summed E-state index contributed by atoms with van der Waals surface area (Å²) in [5.41, 5.74) is 7.04. The predicted octanol–water partition coefficient (Wildman–Crippen LogP) is 2.75. The van der Waals surface area contributed by atoms with Crippen LogP contribution in [0.5, 0.6) is 5.75 Å². The summed E-state index contributed by atoms with van der Waals surface area (Å²) < 4.78 is 5.32. The standard InChI is InChI=1S/C20H22N4O3/c1-13(2)23-18(25)12-5-14-3-10-17(11-4-14)27-19(26)15-6-8-16(9-7-15)24-20(21)22/h3-13H,1-2H3,(H,23,25)(H4,21,22,24). The second-order valence-electron chi connectivity index (χ2n) is 6.07. The molecule has 7 heteroatoms. The molecular formula is C20H22N4O3. The molecule has 27 heavy (non-hydrogen) atoms. The first-order valence-corrected chi connectivity index (χ1v) is 8.35. The van der Waals surface area contributed by atoms with Crippen LogP contribution in [0.2, 0.25) is 0 Å². The van der Waals surface area contributed by atoms with E-state index in [2.05, 4.69) is 10.6 Å². The van der Waals surface area contributed by atoms with Gasteiger partial charge in [0.15, 0.2) is 5.96 Å². The Balaban J connectivity index is 1.95. The molecular weight excluding hydrogens is 344 g/mol. The molecule has 0 fully saturated rings. The number of carbonyl (C=O) groups excluding carboxylic acids is 2. The molecule has 2 rings (SSSR count). The average Bonchev–Trinajstić information content (AvgIpc) is 2.60. The summed E-state index contributed by atoms with van der Waals surface area (Å²) in [5.74, 6) is -0.442. The lowest BCUT2D eigenvalue weighted by molar-refractivity contribution is -0.116. The molecule has 0 aliphatic heterocycles. The van der Waals surface area contributed by atoms with E-state index in [1.807, 2.05) is 13.8 Å². The molecule has 2 aromatic rings. The van der Waals surface area contributed by atoms with Crippen molar-refractivity contribution in [3.8, 4) is 5.75 Å². The monoisotopic (exact) mass is 366 g/mol. The third-order valence-electron chi connectivity index (χ3n) is 3.35. The number of amides is 1.